The number of amides is 2. The number of fused-ring (bicyclic) bond motifs is 1. The lowest BCUT2D eigenvalue weighted by atomic mass is 10.1. The third kappa shape index (κ3) is 4.38. The summed E-state index contributed by atoms with van der Waals surface area (Å²) < 4.78 is 1.94. The van der Waals surface area contributed by atoms with Crippen LogP contribution < -0.4 is 5.32 Å². The SMILES string of the molecule is CCCCNC(=O)c1nc(C(=O)N(C)Cc2ccccc2)c2n1CCCC2. The van der Waals surface area contributed by atoms with Gasteiger partial charge in [-0.15, -0.1) is 0 Å². The van der Waals surface area contributed by atoms with E-state index in [0.29, 0.717) is 24.6 Å². The monoisotopic (exact) mass is 368 g/mol. The molecule has 0 saturated heterocycles. The van der Waals surface area contributed by atoms with Crippen molar-refractivity contribution in [3.8, 4) is 0 Å². The standard InChI is InChI=1S/C21H28N4O2/c1-3-4-13-22-20(26)19-23-18(17-12-8-9-14-25(17)19)21(27)24(2)15-16-10-6-5-7-11-16/h5-7,10-11H,3-4,8-9,12-15H2,1-2H3,(H,22,26). The quantitative estimate of drug-likeness (QED) is 0.764. The van der Waals surface area contributed by atoms with Crippen molar-refractivity contribution in [3.63, 3.8) is 0 Å². The molecule has 0 unspecified atom stereocenters. The molecule has 0 bridgehead atoms. The van der Waals surface area contributed by atoms with E-state index in [1.807, 2.05) is 34.9 Å². The van der Waals surface area contributed by atoms with Gasteiger partial charge in [-0.05, 0) is 31.2 Å². The lowest BCUT2D eigenvalue weighted by molar-refractivity contribution is 0.0778. The number of hydrogen-bond donors (Lipinski definition) is 1. The van der Waals surface area contributed by atoms with Crippen LogP contribution in [-0.2, 0) is 19.5 Å². The fourth-order valence-corrected chi connectivity index (χ4v) is 3.46. The number of nitrogens with zero attached hydrogens (tertiary/aromatic N) is 3. The molecule has 1 aromatic carbocycles. The van der Waals surface area contributed by atoms with Crippen molar-refractivity contribution >= 4 is 11.8 Å². The van der Waals surface area contributed by atoms with Gasteiger partial charge in [-0.3, -0.25) is 9.59 Å². The normalized spacial score (nSPS) is 13.1. The average molecular weight is 368 g/mol. The molecule has 0 saturated carbocycles. The van der Waals surface area contributed by atoms with Crippen molar-refractivity contribution in [3.05, 3.63) is 53.1 Å². The molecule has 6 heteroatoms. The first-order valence-electron chi connectivity index (χ1n) is 9.78. The number of benzene rings is 1. The molecule has 1 aromatic heterocycles. The van der Waals surface area contributed by atoms with Crippen molar-refractivity contribution in [1.29, 1.82) is 0 Å². The molecular weight excluding hydrogens is 340 g/mol. The number of aromatic nitrogens is 2. The molecule has 3 rings (SSSR count). The highest BCUT2D eigenvalue weighted by Gasteiger charge is 2.28. The van der Waals surface area contributed by atoms with E-state index in [2.05, 4.69) is 17.2 Å². The first-order chi connectivity index (χ1) is 13.1. The molecule has 2 amide bonds. The zero-order valence-corrected chi connectivity index (χ0v) is 16.2. The van der Waals surface area contributed by atoms with Crippen LogP contribution >= 0.6 is 0 Å². The Bertz CT molecular complexity index is 798. The van der Waals surface area contributed by atoms with Gasteiger partial charge in [-0.2, -0.15) is 0 Å². The van der Waals surface area contributed by atoms with Crippen LogP contribution in [0.5, 0.6) is 0 Å². The number of rotatable bonds is 7. The minimum atomic E-state index is -0.184. The highest BCUT2D eigenvalue weighted by molar-refractivity contribution is 5.97. The smallest absolute Gasteiger partial charge is 0.287 e. The molecule has 2 heterocycles. The van der Waals surface area contributed by atoms with Crippen molar-refractivity contribution in [2.45, 2.75) is 52.1 Å². The maximum atomic E-state index is 13.0. The highest BCUT2D eigenvalue weighted by atomic mass is 16.2. The van der Waals surface area contributed by atoms with Crippen LogP contribution in [0.2, 0.25) is 0 Å². The molecular formula is C21H28N4O2. The Morgan fingerprint density at radius 3 is 2.74 bits per heavy atom. The first-order valence-corrected chi connectivity index (χ1v) is 9.78. The molecule has 2 aromatic rings. The number of imidazole rings is 1. The Balaban J connectivity index is 1.82. The number of carbonyl (C=O) groups is 2. The van der Waals surface area contributed by atoms with E-state index in [4.69, 9.17) is 0 Å². The molecule has 144 valence electrons. The van der Waals surface area contributed by atoms with Gasteiger partial charge < -0.3 is 14.8 Å². The predicted molar refractivity (Wildman–Crippen MR) is 105 cm³/mol. The van der Waals surface area contributed by atoms with Gasteiger partial charge in [0.25, 0.3) is 11.8 Å². The summed E-state index contributed by atoms with van der Waals surface area (Å²) in [5, 5.41) is 2.92. The molecule has 0 atom stereocenters. The second-order valence-corrected chi connectivity index (χ2v) is 7.10. The van der Waals surface area contributed by atoms with Gasteiger partial charge in [-0.25, -0.2) is 4.98 Å². The number of hydrogen-bond acceptors (Lipinski definition) is 3. The minimum Gasteiger partial charge on any atom is -0.349 e. The molecule has 0 aliphatic carbocycles. The van der Waals surface area contributed by atoms with Crippen LogP contribution in [0.3, 0.4) is 0 Å². The van der Waals surface area contributed by atoms with Crippen molar-refractivity contribution in [2.24, 2.45) is 0 Å². The van der Waals surface area contributed by atoms with E-state index in [1.54, 1.807) is 11.9 Å². The van der Waals surface area contributed by atoms with E-state index in [0.717, 1.165) is 49.9 Å². The number of unbranched alkanes of at least 4 members (excludes halogenated alkanes) is 1. The van der Waals surface area contributed by atoms with Crippen molar-refractivity contribution < 1.29 is 9.59 Å². The zero-order chi connectivity index (χ0) is 19.2. The van der Waals surface area contributed by atoms with Gasteiger partial charge >= 0.3 is 0 Å². The zero-order valence-electron chi connectivity index (χ0n) is 16.2. The summed E-state index contributed by atoms with van der Waals surface area (Å²) in [6, 6.07) is 9.88. The Morgan fingerprint density at radius 1 is 1.22 bits per heavy atom. The summed E-state index contributed by atoms with van der Waals surface area (Å²) in [4.78, 5) is 31.8. The van der Waals surface area contributed by atoms with E-state index < -0.39 is 0 Å². The molecule has 27 heavy (non-hydrogen) atoms. The summed E-state index contributed by atoms with van der Waals surface area (Å²) in [6.07, 6.45) is 4.77. The third-order valence-corrected chi connectivity index (χ3v) is 4.95. The summed E-state index contributed by atoms with van der Waals surface area (Å²) in [5.41, 5.74) is 2.39. The molecule has 0 spiro atoms. The van der Waals surface area contributed by atoms with E-state index in [1.165, 1.54) is 0 Å². The summed E-state index contributed by atoms with van der Waals surface area (Å²) in [7, 11) is 1.78. The van der Waals surface area contributed by atoms with E-state index in [9.17, 15) is 9.59 Å². The predicted octanol–water partition coefficient (Wildman–Crippen LogP) is 3.02. The van der Waals surface area contributed by atoms with Gasteiger partial charge in [0.1, 0.15) is 5.69 Å². The molecule has 1 aliphatic rings. The highest BCUT2D eigenvalue weighted by Crippen LogP contribution is 2.22. The third-order valence-electron chi connectivity index (χ3n) is 4.95. The van der Waals surface area contributed by atoms with Gasteiger partial charge in [-0.1, -0.05) is 43.7 Å². The molecule has 6 nitrogen and oxygen atoms in total. The molecule has 1 N–H and O–H groups in total. The Labute approximate surface area is 160 Å². The van der Waals surface area contributed by atoms with E-state index >= 15 is 0 Å². The summed E-state index contributed by atoms with van der Waals surface area (Å²) in [6.45, 7) is 3.98. The number of nitrogens with one attached hydrogen (secondary N) is 1. The first kappa shape index (κ1) is 19.1. The van der Waals surface area contributed by atoms with Crippen LogP contribution in [-0.4, -0.2) is 39.9 Å². The molecule has 0 fully saturated rings. The molecule has 0 radical (unpaired) electrons. The maximum Gasteiger partial charge on any atom is 0.287 e. The fourth-order valence-electron chi connectivity index (χ4n) is 3.46. The minimum absolute atomic E-state index is 0.128. The maximum absolute atomic E-state index is 13.0. The van der Waals surface area contributed by atoms with Crippen LogP contribution in [0.1, 0.15) is 65.0 Å². The van der Waals surface area contributed by atoms with E-state index in [-0.39, 0.29) is 11.8 Å². The second kappa shape index (κ2) is 8.84. The van der Waals surface area contributed by atoms with Crippen LogP contribution in [0.4, 0.5) is 0 Å². The lowest BCUT2D eigenvalue weighted by Crippen LogP contribution is -2.28. The Kier molecular flexibility index (Phi) is 6.27. The second-order valence-electron chi connectivity index (χ2n) is 7.10. The topological polar surface area (TPSA) is 67.2 Å². The Morgan fingerprint density at radius 2 is 2.00 bits per heavy atom. The van der Waals surface area contributed by atoms with Crippen molar-refractivity contribution in [2.75, 3.05) is 13.6 Å². The fraction of sp³-hybridized carbons (Fsp3) is 0.476. The van der Waals surface area contributed by atoms with Gasteiger partial charge in [0, 0.05) is 26.7 Å². The van der Waals surface area contributed by atoms with Crippen LogP contribution in [0.15, 0.2) is 30.3 Å². The Hall–Kier alpha value is -2.63. The van der Waals surface area contributed by atoms with Gasteiger partial charge in [0.05, 0.1) is 5.69 Å². The van der Waals surface area contributed by atoms with Crippen LogP contribution in [0.25, 0.3) is 0 Å². The average Bonchev–Trinajstić information content (AvgIpc) is 3.08. The largest absolute Gasteiger partial charge is 0.349 e. The molecule has 1 aliphatic heterocycles. The lowest BCUT2D eigenvalue weighted by Gasteiger charge is -2.19. The number of carbonyl (C=O) groups excluding carboxylic acids is 2. The van der Waals surface area contributed by atoms with Crippen molar-refractivity contribution in [1.82, 2.24) is 19.8 Å². The van der Waals surface area contributed by atoms with Gasteiger partial charge in [0.15, 0.2) is 5.82 Å². The summed E-state index contributed by atoms with van der Waals surface area (Å²) in [5.74, 6) is 0.0609. The van der Waals surface area contributed by atoms with Crippen LogP contribution in [0, 0.1) is 0 Å². The summed E-state index contributed by atoms with van der Waals surface area (Å²) >= 11 is 0. The van der Waals surface area contributed by atoms with Gasteiger partial charge in [0.2, 0.25) is 0 Å².